The topological polar surface area (TPSA) is 9.86 Å². The summed E-state index contributed by atoms with van der Waals surface area (Å²) in [6.45, 7) is 0.767. The minimum atomic E-state index is 0.767. The van der Waals surface area contributed by atoms with Gasteiger partial charge in [0.2, 0.25) is 0 Å². The van der Waals surface area contributed by atoms with Crippen LogP contribution in [0.15, 0.2) is 170 Å². The lowest BCUT2D eigenvalue weighted by atomic mass is 9.99. The summed E-state index contributed by atoms with van der Waals surface area (Å²) in [5.74, 6) is 0. The molecule has 212 valence electrons. The summed E-state index contributed by atoms with van der Waals surface area (Å²) in [5.41, 5.74) is 12.4. The quantitative estimate of drug-likeness (QED) is 0.193. The fourth-order valence-electron chi connectivity index (χ4n) is 7.18. The fourth-order valence-corrected chi connectivity index (χ4v) is 7.18. The van der Waals surface area contributed by atoms with E-state index in [-0.39, 0.29) is 0 Å². The Bertz CT molecular complexity index is 2480. The van der Waals surface area contributed by atoms with Crippen molar-refractivity contribution in [1.29, 1.82) is 0 Å². The lowest BCUT2D eigenvalue weighted by Crippen LogP contribution is -2.03. The molecule has 0 N–H and O–H groups in total. The van der Waals surface area contributed by atoms with E-state index in [1.165, 1.54) is 71.4 Å². The zero-order valence-electron chi connectivity index (χ0n) is 24.8. The number of hydrogen-bond acceptors (Lipinski definition) is 0. The molecule has 0 aliphatic heterocycles. The standard InChI is InChI=1S/C43H30N2/c1-3-13-30(14-4-1)31-23-25-34(26-24-31)45-41-22-12-10-20-37(41)39-28-27-38-36-19-9-11-21-40(36)44(42(38)43(39)45)29-33-17-7-8-18-35(33)32-15-5-2-6-16-32/h1-28H,29H2. The molecule has 2 heterocycles. The molecule has 9 rings (SSSR count). The normalized spacial score (nSPS) is 11.6. The van der Waals surface area contributed by atoms with Crippen LogP contribution in [-0.4, -0.2) is 9.13 Å². The first kappa shape index (κ1) is 25.6. The number of fused-ring (bicyclic) bond motifs is 7. The first-order valence-corrected chi connectivity index (χ1v) is 15.6. The van der Waals surface area contributed by atoms with Gasteiger partial charge in [0.05, 0.1) is 16.6 Å². The SMILES string of the molecule is c1ccc(-c2ccc(-n3c4ccccc4c4ccc5c6ccccc6n(Cc6ccccc6-c6ccccc6)c5c43)cc2)cc1. The Labute approximate surface area is 262 Å². The van der Waals surface area contributed by atoms with Crippen LogP contribution in [0.1, 0.15) is 5.56 Å². The van der Waals surface area contributed by atoms with E-state index in [0.29, 0.717) is 0 Å². The Morgan fingerprint density at radius 2 is 0.889 bits per heavy atom. The second kappa shape index (κ2) is 10.4. The molecule has 0 aliphatic carbocycles. The Balaban J connectivity index is 1.34. The first-order valence-electron chi connectivity index (χ1n) is 15.6. The van der Waals surface area contributed by atoms with Gasteiger partial charge in [0, 0.05) is 39.3 Å². The number of para-hydroxylation sites is 2. The van der Waals surface area contributed by atoms with Crippen molar-refractivity contribution < 1.29 is 0 Å². The molecule has 0 amide bonds. The van der Waals surface area contributed by atoms with Gasteiger partial charge in [-0.1, -0.05) is 146 Å². The molecule has 0 fully saturated rings. The van der Waals surface area contributed by atoms with Gasteiger partial charge in [-0.15, -0.1) is 0 Å². The van der Waals surface area contributed by atoms with Gasteiger partial charge in [0.25, 0.3) is 0 Å². The van der Waals surface area contributed by atoms with Gasteiger partial charge >= 0.3 is 0 Å². The molecular formula is C43H30N2. The van der Waals surface area contributed by atoms with Crippen molar-refractivity contribution >= 4 is 43.6 Å². The highest BCUT2D eigenvalue weighted by Crippen LogP contribution is 2.41. The van der Waals surface area contributed by atoms with Crippen LogP contribution in [0.5, 0.6) is 0 Å². The van der Waals surface area contributed by atoms with Crippen LogP contribution in [0.4, 0.5) is 0 Å². The number of nitrogens with zero attached hydrogens (tertiary/aromatic N) is 2. The minimum absolute atomic E-state index is 0.767. The van der Waals surface area contributed by atoms with Crippen LogP contribution in [0.3, 0.4) is 0 Å². The third-order valence-corrected chi connectivity index (χ3v) is 9.23. The molecule has 0 saturated carbocycles. The molecule has 2 heteroatoms. The van der Waals surface area contributed by atoms with Gasteiger partial charge in [-0.05, 0) is 52.1 Å². The Hall–Kier alpha value is -5.86. The highest BCUT2D eigenvalue weighted by atomic mass is 15.0. The minimum Gasteiger partial charge on any atom is -0.334 e. The molecule has 0 spiro atoms. The van der Waals surface area contributed by atoms with Crippen LogP contribution in [0.25, 0.3) is 71.6 Å². The van der Waals surface area contributed by atoms with E-state index in [2.05, 4.69) is 179 Å². The van der Waals surface area contributed by atoms with Crippen molar-refractivity contribution in [2.45, 2.75) is 6.54 Å². The van der Waals surface area contributed by atoms with Crippen LogP contribution in [0, 0.1) is 0 Å². The second-order valence-electron chi connectivity index (χ2n) is 11.7. The van der Waals surface area contributed by atoms with Gasteiger partial charge in [-0.25, -0.2) is 0 Å². The third-order valence-electron chi connectivity index (χ3n) is 9.23. The van der Waals surface area contributed by atoms with E-state index in [4.69, 9.17) is 0 Å². The van der Waals surface area contributed by atoms with E-state index >= 15 is 0 Å². The van der Waals surface area contributed by atoms with E-state index < -0.39 is 0 Å². The molecule has 45 heavy (non-hydrogen) atoms. The number of hydrogen-bond donors (Lipinski definition) is 0. The molecule has 0 saturated heterocycles. The van der Waals surface area contributed by atoms with Crippen LogP contribution >= 0.6 is 0 Å². The van der Waals surface area contributed by atoms with Crippen LogP contribution in [-0.2, 0) is 6.54 Å². The molecule has 0 aliphatic rings. The predicted octanol–water partition coefficient (Wildman–Crippen LogP) is 11.3. The van der Waals surface area contributed by atoms with E-state index in [0.717, 1.165) is 12.2 Å². The van der Waals surface area contributed by atoms with Crippen molar-refractivity contribution in [3.05, 3.63) is 175 Å². The van der Waals surface area contributed by atoms with Gasteiger partial charge in [-0.2, -0.15) is 0 Å². The maximum atomic E-state index is 2.54. The maximum Gasteiger partial charge on any atom is 0.0785 e. The van der Waals surface area contributed by atoms with E-state index in [1.54, 1.807) is 0 Å². The summed E-state index contributed by atoms with van der Waals surface area (Å²) in [6, 6.07) is 61.6. The highest BCUT2D eigenvalue weighted by Gasteiger charge is 2.21. The summed E-state index contributed by atoms with van der Waals surface area (Å²) in [7, 11) is 0. The Morgan fingerprint density at radius 3 is 1.62 bits per heavy atom. The summed E-state index contributed by atoms with van der Waals surface area (Å²) >= 11 is 0. The highest BCUT2D eigenvalue weighted by molar-refractivity contribution is 6.23. The number of rotatable bonds is 5. The largest absolute Gasteiger partial charge is 0.334 e. The zero-order valence-corrected chi connectivity index (χ0v) is 24.8. The summed E-state index contributed by atoms with van der Waals surface area (Å²) in [5, 5.41) is 5.09. The summed E-state index contributed by atoms with van der Waals surface area (Å²) in [4.78, 5) is 0. The first-order chi connectivity index (χ1) is 22.3. The third kappa shape index (κ3) is 4.11. The molecule has 0 radical (unpaired) electrons. The molecule has 2 aromatic heterocycles. The van der Waals surface area contributed by atoms with Gasteiger partial charge in [0.15, 0.2) is 0 Å². The molecule has 0 unspecified atom stereocenters. The molecular weight excluding hydrogens is 544 g/mol. The average molecular weight is 575 g/mol. The molecule has 9 aromatic rings. The molecule has 0 atom stereocenters. The van der Waals surface area contributed by atoms with E-state index in [1.807, 2.05) is 0 Å². The number of aromatic nitrogens is 2. The van der Waals surface area contributed by atoms with Crippen LogP contribution < -0.4 is 0 Å². The molecule has 7 aromatic carbocycles. The fraction of sp³-hybridized carbons (Fsp3) is 0.0233. The molecule has 0 bridgehead atoms. The van der Waals surface area contributed by atoms with Crippen molar-refractivity contribution in [2.24, 2.45) is 0 Å². The predicted molar refractivity (Wildman–Crippen MR) is 190 cm³/mol. The monoisotopic (exact) mass is 574 g/mol. The maximum absolute atomic E-state index is 2.54. The average Bonchev–Trinajstić information content (AvgIpc) is 3.62. The number of benzene rings is 7. The second-order valence-corrected chi connectivity index (χ2v) is 11.7. The van der Waals surface area contributed by atoms with Gasteiger partial charge < -0.3 is 9.13 Å². The zero-order chi connectivity index (χ0) is 29.7. The van der Waals surface area contributed by atoms with E-state index in [9.17, 15) is 0 Å². The smallest absolute Gasteiger partial charge is 0.0785 e. The lowest BCUT2D eigenvalue weighted by Gasteiger charge is -2.15. The Kier molecular flexibility index (Phi) is 5.92. The Morgan fingerprint density at radius 1 is 0.356 bits per heavy atom. The van der Waals surface area contributed by atoms with Gasteiger partial charge in [0.1, 0.15) is 0 Å². The van der Waals surface area contributed by atoms with Crippen LogP contribution in [0.2, 0.25) is 0 Å². The lowest BCUT2D eigenvalue weighted by molar-refractivity contribution is 0.871. The molecule has 2 nitrogen and oxygen atoms in total. The van der Waals surface area contributed by atoms with Crippen molar-refractivity contribution in [3.63, 3.8) is 0 Å². The van der Waals surface area contributed by atoms with Gasteiger partial charge in [-0.3, -0.25) is 0 Å². The van der Waals surface area contributed by atoms with Crippen molar-refractivity contribution in [1.82, 2.24) is 9.13 Å². The van der Waals surface area contributed by atoms with Crippen molar-refractivity contribution in [2.75, 3.05) is 0 Å². The summed E-state index contributed by atoms with van der Waals surface area (Å²) < 4.78 is 5.02. The summed E-state index contributed by atoms with van der Waals surface area (Å²) in [6.07, 6.45) is 0. The van der Waals surface area contributed by atoms with Crippen molar-refractivity contribution in [3.8, 4) is 27.9 Å².